The first-order valence-corrected chi connectivity index (χ1v) is 6.56. The lowest BCUT2D eigenvalue weighted by atomic mass is 10.1. The van der Waals surface area contributed by atoms with Crippen LogP contribution in [0.5, 0.6) is 0 Å². The summed E-state index contributed by atoms with van der Waals surface area (Å²) in [6.45, 7) is 7.64. The minimum atomic E-state index is -0.456. The summed E-state index contributed by atoms with van der Waals surface area (Å²) >= 11 is 0. The number of amides is 1. The summed E-state index contributed by atoms with van der Waals surface area (Å²) in [6, 6.07) is 2.04. The highest BCUT2D eigenvalue weighted by molar-refractivity contribution is 5.68. The molecule has 1 aromatic rings. The molecule has 1 fully saturated rings. The van der Waals surface area contributed by atoms with Gasteiger partial charge in [0.2, 0.25) is 0 Å². The standard InChI is InChI=1S/C13H22N4O2/c1-13(2,3)19-12(18)17-8-6-14-11(9-17)10-5-7-16(4)15-10/h5,7,11,14H,6,8-9H2,1-4H3. The molecule has 19 heavy (non-hydrogen) atoms. The smallest absolute Gasteiger partial charge is 0.410 e. The average molecular weight is 266 g/mol. The summed E-state index contributed by atoms with van der Waals surface area (Å²) in [5, 5.41) is 7.75. The molecule has 0 radical (unpaired) electrons. The lowest BCUT2D eigenvalue weighted by Crippen LogP contribution is -2.49. The van der Waals surface area contributed by atoms with Crippen molar-refractivity contribution < 1.29 is 9.53 Å². The van der Waals surface area contributed by atoms with E-state index in [2.05, 4.69) is 10.4 Å². The Balaban J connectivity index is 1.99. The Morgan fingerprint density at radius 1 is 1.53 bits per heavy atom. The van der Waals surface area contributed by atoms with Crippen LogP contribution in [0, 0.1) is 0 Å². The van der Waals surface area contributed by atoms with Crippen LogP contribution >= 0.6 is 0 Å². The molecule has 6 heteroatoms. The molecule has 2 heterocycles. The maximum absolute atomic E-state index is 12.0. The van der Waals surface area contributed by atoms with Crippen molar-refractivity contribution in [3.8, 4) is 0 Å². The number of aromatic nitrogens is 2. The summed E-state index contributed by atoms with van der Waals surface area (Å²) in [5.41, 5.74) is 0.499. The van der Waals surface area contributed by atoms with E-state index in [0.717, 1.165) is 12.2 Å². The summed E-state index contributed by atoms with van der Waals surface area (Å²) in [4.78, 5) is 13.8. The monoisotopic (exact) mass is 266 g/mol. The van der Waals surface area contributed by atoms with Gasteiger partial charge in [-0.2, -0.15) is 5.10 Å². The van der Waals surface area contributed by atoms with Crippen molar-refractivity contribution in [3.63, 3.8) is 0 Å². The molecule has 1 atom stereocenters. The fraction of sp³-hybridized carbons (Fsp3) is 0.692. The van der Waals surface area contributed by atoms with Crippen molar-refractivity contribution in [3.05, 3.63) is 18.0 Å². The Morgan fingerprint density at radius 2 is 2.26 bits per heavy atom. The zero-order valence-corrected chi connectivity index (χ0v) is 12.0. The molecule has 0 bridgehead atoms. The molecule has 1 aromatic heterocycles. The Bertz CT molecular complexity index is 450. The number of nitrogens with one attached hydrogen (secondary N) is 1. The number of hydrogen-bond donors (Lipinski definition) is 1. The van der Waals surface area contributed by atoms with E-state index in [9.17, 15) is 4.79 Å². The number of hydrogen-bond acceptors (Lipinski definition) is 4. The molecule has 1 amide bonds. The molecular weight excluding hydrogens is 244 g/mol. The van der Waals surface area contributed by atoms with Gasteiger partial charge in [-0.05, 0) is 26.8 Å². The second kappa shape index (κ2) is 5.21. The highest BCUT2D eigenvalue weighted by atomic mass is 16.6. The number of nitrogens with zero attached hydrogens (tertiary/aromatic N) is 3. The summed E-state index contributed by atoms with van der Waals surface area (Å²) in [5.74, 6) is 0. The predicted octanol–water partition coefficient (Wildman–Crippen LogP) is 1.30. The van der Waals surface area contributed by atoms with Crippen LogP contribution in [-0.2, 0) is 11.8 Å². The van der Waals surface area contributed by atoms with Crippen LogP contribution in [-0.4, -0.2) is 46.0 Å². The summed E-state index contributed by atoms with van der Waals surface area (Å²) in [6.07, 6.45) is 1.65. The zero-order chi connectivity index (χ0) is 14.0. The van der Waals surface area contributed by atoms with Crippen LogP contribution in [0.25, 0.3) is 0 Å². The minimum absolute atomic E-state index is 0.0717. The minimum Gasteiger partial charge on any atom is -0.444 e. The van der Waals surface area contributed by atoms with Crippen molar-refractivity contribution in [1.29, 1.82) is 0 Å². The van der Waals surface area contributed by atoms with E-state index in [4.69, 9.17) is 4.74 Å². The highest BCUT2D eigenvalue weighted by Gasteiger charge is 2.28. The van der Waals surface area contributed by atoms with Gasteiger partial charge in [-0.15, -0.1) is 0 Å². The Kier molecular flexibility index (Phi) is 3.80. The predicted molar refractivity (Wildman–Crippen MR) is 71.8 cm³/mol. The van der Waals surface area contributed by atoms with E-state index in [-0.39, 0.29) is 12.1 Å². The molecule has 0 aliphatic carbocycles. The van der Waals surface area contributed by atoms with Gasteiger partial charge in [0, 0.05) is 32.9 Å². The third-order valence-corrected chi connectivity index (χ3v) is 2.92. The van der Waals surface area contributed by atoms with Crippen LogP contribution < -0.4 is 5.32 Å². The zero-order valence-electron chi connectivity index (χ0n) is 12.0. The van der Waals surface area contributed by atoms with E-state index in [1.54, 1.807) is 9.58 Å². The normalized spacial score (nSPS) is 20.4. The maximum Gasteiger partial charge on any atom is 0.410 e. The molecular formula is C13H22N4O2. The SMILES string of the molecule is Cn1ccc(C2CN(C(=O)OC(C)(C)C)CCN2)n1. The van der Waals surface area contributed by atoms with Crippen LogP contribution in [0.2, 0.25) is 0 Å². The molecule has 1 aliphatic heterocycles. The van der Waals surface area contributed by atoms with Crippen LogP contribution in [0.1, 0.15) is 32.5 Å². The maximum atomic E-state index is 12.0. The van der Waals surface area contributed by atoms with Crippen molar-refractivity contribution in [2.45, 2.75) is 32.4 Å². The van der Waals surface area contributed by atoms with Crippen LogP contribution in [0.15, 0.2) is 12.3 Å². The molecule has 0 saturated carbocycles. The van der Waals surface area contributed by atoms with Crippen molar-refractivity contribution in [1.82, 2.24) is 20.0 Å². The van der Waals surface area contributed by atoms with Gasteiger partial charge in [0.1, 0.15) is 5.60 Å². The van der Waals surface area contributed by atoms with Gasteiger partial charge in [-0.1, -0.05) is 0 Å². The molecule has 106 valence electrons. The molecule has 1 unspecified atom stereocenters. The van der Waals surface area contributed by atoms with E-state index in [0.29, 0.717) is 13.1 Å². The van der Waals surface area contributed by atoms with Crippen molar-refractivity contribution >= 4 is 6.09 Å². The molecule has 1 N–H and O–H groups in total. The van der Waals surface area contributed by atoms with E-state index < -0.39 is 5.60 Å². The molecule has 6 nitrogen and oxygen atoms in total. The van der Waals surface area contributed by atoms with Gasteiger partial charge in [0.25, 0.3) is 0 Å². The molecule has 0 spiro atoms. The molecule has 2 rings (SSSR count). The van der Waals surface area contributed by atoms with Gasteiger partial charge in [0.15, 0.2) is 0 Å². The third-order valence-electron chi connectivity index (χ3n) is 2.92. The molecule has 1 saturated heterocycles. The van der Waals surface area contributed by atoms with Gasteiger partial charge in [-0.3, -0.25) is 4.68 Å². The van der Waals surface area contributed by atoms with Gasteiger partial charge in [0.05, 0.1) is 11.7 Å². The highest BCUT2D eigenvalue weighted by Crippen LogP contribution is 2.17. The second-order valence-corrected chi connectivity index (χ2v) is 5.85. The van der Waals surface area contributed by atoms with Crippen molar-refractivity contribution in [2.24, 2.45) is 7.05 Å². The lowest BCUT2D eigenvalue weighted by molar-refractivity contribution is 0.0193. The van der Waals surface area contributed by atoms with Crippen molar-refractivity contribution in [2.75, 3.05) is 19.6 Å². The fourth-order valence-corrected chi connectivity index (χ4v) is 2.06. The largest absolute Gasteiger partial charge is 0.444 e. The number of piperazine rings is 1. The first-order valence-electron chi connectivity index (χ1n) is 6.56. The number of carbonyl (C=O) groups is 1. The Morgan fingerprint density at radius 3 is 2.84 bits per heavy atom. The number of aryl methyl sites for hydroxylation is 1. The van der Waals surface area contributed by atoms with Gasteiger partial charge < -0.3 is 15.0 Å². The lowest BCUT2D eigenvalue weighted by Gasteiger charge is -2.34. The van der Waals surface area contributed by atoms with E-state index in [1.807, 2.05) is 40.1 Å². The third kappa shape index (κ3) is 3.70. The molecule has 0 aromatic carbocycles. The fourth-order valence-electron chi connectivity index (χ4n) is 2.06. The summed E-state index contributed by atoms with van der Waals surface area (Å²) in [7, 11) is 1.89. The van der Waals surface area contributed by atoms with Gasteiger partial charge >= 0.3 is 6.09 Å². The topological polar surface area (TPSA) is 59.4 Å². The first-order chi connectivity index (χ1) is 8.85. The molecule has 1 aliphatic rings. The van der Waals surface area contributed by atoms with E-state index >= 15 is 0 Å². The average Bonchev–Trinajstić information content (AvgIpc) is 2.74. The van der Waals surface area contributed by atoms with Crippen LogP contribution in [0.3, 0.4) is 0 Å². The number of ether oxygens (including phenoxy) is 1. The Labute approximate surface area is 113 Å². The van der Waals surface area contributed by atoms with Gasteiger partial charge in [-0.25, -0.2) is 4.79 Å². The van der Waals surface area contributed by atoms with Crippen LogP contribution in [0.4, 0.5) is 4.79 Å². The quantitative estimate of drug-likeness (QED) is 0.832. The number of rotatable bonds is 1. The van der Waals surface area contributed by atoms with E-state index in [1.165, 1.54) is 0 Å². The first kappa shape index (κ1) is 13.9. The Hall–Kier alpha value is -1.56. The summed E-state index contributed by atoms with van der Waals surface area (Å²) < 4.78 is 7.17. The second-order valence-electron chi connectivity index (χ2n) is 5.85. The number of carbonyl (C=O) groups excluding carboxylic acids is 1.